The van der Waals surface area contributed by atoms with Crippen LogP contribution < -0.4 is 4.74 Å². The Kier molecular flexibility index (Phi) is 2.50. The normalized spacial score (nSPS) is 10.3. The summed E-state index contributed by atoms with van der Waals surface area (Å²) in [5, 5.41) is 0. The molecule has 0 bridgehead atoms. The number of ether oxygens (including phenoxy) is 1. The molecule has 77 valence electrons. The molecule has 1 aromatic carbocycles. The van der Waals surface area contributed by atoms with Crippen LogP contribution in [0, 0.1) is 20.0 Å². The first-order valence-corrected chi connectivity index (χ1v) is 4.95. The van der Waals surface area contributed by atoms with Gasteiger partial charge in [-0.15, -0.1) is 0 Å². The van der Waals surface area contributed by atoms with Crippen molar-refractivity contribution in [3.05, 3.63) is 47.7 Å². The number of hydrogen-bond donors (Lipinski definition) is 0. The largest absolute Gasteiger partial charge is 0.441 e. The highest BCUT2D eigenvalue weighted by atomic mass is 16.5. The number of hydrogen-bond acceptors (Lipinski definition) is 1. The third-order valence-electron chi connectivity index (χ3n) is 2.24. The van der Waals surface area contributed by atoms with Gasteiger partial charge < -0.3 is 9.30 Å². The standard InChI is InChI=1S/C13H14NO/c1-10-7-11(2)9-12(8-10)15-13-5-4-6-14(13)3/h4-5,7-9H,1-3H3. The molecule has 15 heavy (non-hydrogen) atoms. The van der Waals surface area contributed by atoms with Gasteiger partial charge in [0.2, 0.25) is 0 Å². The van der Waals surface area contributed by atoms with E-state index in [0.717, 1.165) is 11.6 Å². The highest BCUT2D eigenvalue weighted by molar-refractivity contribution is 5.35. The Morgan fingerprint density at radius 3 is 2.33 bits per heavy atom. The summed E-state index contributed by atoms with van der Waals surface area (Å²) in [6.07, 6.45) is 3.01. The van der Waals surface area contributed by atoms with Crippen molar-refractivity contribution in [1.29, 1.82) is 0 Å². The van der Waals surface area contributed by atoms with E-state index in [-0.39, 0.29) is 0 Å². The predicted octanol–water partition coefficient (Wildman–Crippen LogP) is 3.23. The third-order valence-corrected chi connectivity index (χ3v) is 2.24. The van der Waals surface area contributed by atoms with Crippen molar-refractivity contribution in [2.75, 3.05) is 0 Å². The second-order valence-corrected chi connectivity index (χ2v) is 3.79. The van der Waals surface area contributed by atoms with Crippen LogP contribution >= 0.6 is 0 Å². The summed E-state index contributed by atoms with van der Waals surface area (Å²) >= 11 is 0. The first-order chi connectivity index (χ1) is 7.15. The molecule has 0 aliphatic heterocycles. The van der Waals surface area contributed by atoms with Crippen LogP contribution in [0.15, 0.2) is 30.3 Å². The number of benzene rings is 1. The topological polar surface area (TPSA) is 14.2 Å². The minimum Gasteiger partial charge on any atom is -0.441 e. The maximum Gasteiger partial charge on any atom is 0.200 e. The average molecular weight is 200 g/mol. The Balaban J connectivity index is 2.28. The molecule has 0 atom stereocenters. The van der Waals surface area contributed by atoms with E-state index in [9.17, 15) is 0 Å². The molecule has 0 saturated carbocycles. The molecule has 0 spiro atoms. The van der Waals surface area contributed by atoms with Crippen LogP contribution in [-0.4, -0.2) is 4.57 Å². The molecule has 0 amide bonds. The molecule has 0 N–H and O–H groups in total. The van der Waals surface area contributed by atoms with Crippen molar-refractivity contribution in [1.82, 2.24) is 4.57 Å². The van der Waals surface area contributed by atoms with E-state index in [0.29, 0.717) is 0 Å². The summed E-state index contributed by atoms with van der Waals surface area (Å²) in [6.45, 7) is 4.13. The van der Waals surface area contributed by atoms with Crippen molar-refractivity contribution in [2.45, 2.75) is 13.8 Å². The van der Waals surface area contributed by atoms with Crippen LogP contribution in [0.3, 0.4) is 0 Å². The summed E-state index contributed by atoms with van der Waals surface area (Å²) in [7, 11) is 1.91. The van der Waals surface area contributed by atoms with Gasteiger partial charge in [0.05, 0.1) is 6.20 Å². The molecule has 0 aliphatic rings. The molecule has 2 rings (SSSR count). The van der Waals surface area contributed by atoms with E-state index < -0.39 is 0 Å². The SMILES string of the molecule is Cc1cc(C)cc(Oc2cc[c]n2C)c1. The summed E-state index contributed by atoms with van der Waals surface area (Å²) in [5.41, 5.74) is 2.42. The maximum absolute atomic E-state index is 5.74. The molecule has 0 unspecified atom stereocenters. The second-order valence-electron chi connectivity index (χ2n) is 3.79. The first-order valence-electron chi connectivity index (χ1n) is 4.95. The lowest BCUT2D eigenvalue weighted by atomic mass is 10.1. The fraction of sp³-hybridized carbons (Fsp3) is 0.231. The van der Waals surface area contributed by atoms with Crippen LogP contribution in [0.4, 0.5) is 0 Å². The number of nitrogens with zero attached hydrogens (tertiary/aromatic N) is 1. The molecule has 0 fully saturated rings. The highest BCUT2D eigenvalue weighted by Crippen LogP contribution is 2.23. The van der Waals surface area contributed by atoms with Gasteiger partial charge in [-0.2, -0.15) is 0 Å². The monoisotopic (exact) mass is 200 g/mol. The summed E-state index contributed by atoms with van der Waals surface area (Å²) in [5.74, 6) is 1.68. The lowest BCUT2D eigenvalue weighted by Crippen LogP contribution is -1.92. The van der Waals surface area contributed by atoms with Crippen molar-refractivity contribution >= 4 is 0 Å². The molecular weight excluding hydrogens is 186 g/mol. The lowest BCUT2D eigenvalue weighted by Gasteiger charge is -2.08. The van der Waals surface area contributed by atoms with Gasteiger partial charge in [-0.1, -0.05) is 6.07 Å². The van der Waals surface area contributed by atoms with Crippen molar-refractivity contribution in [3.63, 3.8) is 0 Å². The van der Waals surface area contributed by atoms with Crippen molar-refractivity contribution in [2.24, 2.45) is 7.05 Å². The van der Waals surface area contributed by atoms with E-state index in [1.807, 2.05) is 35.9 Å². The molecule has 1 radical (unpaired) electrons. The molecule has 1 aromatic heterocycles. The van der Waals surface area contributed by atoms with E-state index in [1.54, 1.807) is 0 Å². The second kappa shape index (κ2) is 3.81. The van der Waals surface area contributed by atoms with E-state index in [2.05, 4.69) is 26.1 Å². The van der Waals surface area contributed by atoms with Gasteiger partial charge in [0.15, 0.2) is 5.88 Å². The molecule has 0 saturated heterocycles. The van der Waals surface area contributed by atoms with Crippen LogP contribution in [0.1, 0.15) is 11.1 Å². The van der Waals surface area contributed by atoms with Crippen molar-refractivity contribution in [3.8, 4) is 11.6 Å². The molecule has 2 nitrogen and oxygen atoms in total. The predicted molar refractivity (Wildman–Crippen MR) is 60.2 cm³/mol. The molecule has 0 aliphatic carbocycles. The maximum atomic E-state index is 5.74. The lowest BCUT2D eigenvalue weighted by molar-refractivity contribution is 0.442. The van der Waals surface area contributed by atoms with Gasteiger partial charge in [0.1, 0.15) is 5.75 Å². The van der Waals surface area contributed by atoms with Crippen LogP contribution in [0.2, 0.25) is 0 Å². The van der Waals surface area contributed by atoms with E-state index >= 15 is 0 Å². The van der Waals surface area contributed by atoms with Gasteiger partial charge in [-0.05, 0) is 43.2 Å². The highest BCUT2D eigenvalue weighted by Gasteiger charge is 2.01. The Labute approximate surface area is 90.1 Å². The Morgan fingerprint density at radius 2 is 1.80 bits per heavy atom. The van der Waals surface area contributed by atoms with Crippen LogP contribution in [0.25, 0.3) is 0 Å². The van der Waals surface area contributed by atoms with Gasteiger partial charge >= 0.3 is 0 Å². The average Bonchev–Trinajstić information content (AvgIpc) is 2.50. The number of aryl methyl sites for hydroxylation is 3. The number of aromatic nitrogens is 1. The van der Waals surface area contributed by atoms with Gasteiger partial charge in [0.25, 0.3) is 0 Å². The molecule has 2 aromatic rings. The minimum atomic E-state index is 0.806. The van der Waals surface area contributed by atoms with Gasteiger partial charge in [0, 0.05) is 13.1 Å². The Hall–Kier alpha value is -1.70. The zero-order valence-electron chi connectivity index (χ0n) is 9.24. The summed E-state index contributed by atoms with van der Waals surface area (Å²) < 4.78 is 7.57. The van der Waals surface area contributed by atoms with E-state index in [4.69, 9.17) is 4.74 Å². The van der Waals surface area contributed by atoms with Gasteiger partial charge in [-0.3, -0.25) is 0 Å². The summed E-state index contributed by atoms with van der Waals surface area (Å²) in [4.78, 5) is 0. The zero-order chi connectivity index (χ0) is 10.8. The minimum absolute atomic E-state index is 0.806. The summed E-state index contributed by atoms with van der Waals surface area (Å²) in [6, 6.07) is 9.93. The van der Waals surface area contributed by atoms with Crippen molar-refractivity contribution < 1.29 is 4.74 Å². The van der Waals surface area contributed by atoms with Gasteiger partial charge in [-0.25, -0.2) is 0 Å². The zero-order valence-corrected chi connectivity index (χ0v) is 9.24. The Morgan fingerprint density at radius 1 is 1.13 bits per heavy atom. The smallest absolute Gasteiger partial charge is 0.200 e. The third kappa shape index (κ3) is 2.21. The first kappa shape index (κ1) is 9.84. The number of rotatable bonds is 2. The Bertz CT molecular complexity index is 451. The molecule has 2 heteroatoms. The molecular formula is C13H14NO. The van der Waals surface area contributed by atoms with Crippen LogP contribution in [0.5, 0.6) is 11.6 Å². The quantitative estimate of drug-likeness (QED) is 0.726. The fourth-order valence-electron chi connectivity index (χ4n) is 1.61. The fourth-order valence-corrected chi connectivity index (χ4v) is 1.61. The van der Waals surface area contributed by atoms with E-state index in [1.165, 1.54) is 11.1 Å². The molecule has 1 heterocycles. The van der Waals surface area contributed by atoms with Crippen LogP contribution in [-0.2, 0) is 7.05 Å².